The highest BCUT2D eigenvalue weighted by Crippen LogP contribution is 2.38. The molecule has 3 aromatic rings. The molecule has 0 radical (unpaired) electrons. The number of nitrogens with one attached hydrogen (secondary N) is 3. The van der Waals surface area contributed by atoms with Crippen LogP contribution in [0.1, 0.15) is 28.8 Å². The van der Waals surface area contributed by atoms with E-state index >= 15 is 0 Å². The van der Waals surface area contributed by atoms with E-state index in [4.69, 9.17) is 4.98 Å². The second-order valence-electron chi connectivity index (χ2n) is 9.05. The number of anilines is 2. The predicted molar refractivity (Wildman–Crippen MR) is 124 cm³/mol. The van der Waals surface area contributed by atoms with Gasteiger partial charge in [0, 0.05) is 43.1 Å². The summed E-state index contributed by atoms with van der Waals surface area (Å²) in [5, 5.41) is 9.85. The first-order valence-corrected chi connectivity index (χ1v) is 11.1. The summed E-state index contributed by atoms with van der Waals surface area (Å²) in [7, 11) is 1.68. The van der Waals surface area contributed by atoms with E-state index in [1.165, 1.54) is 4.90 Å². The normalized spacial score (nSPS) is 21.2. The number of fused-ring (bicyclic) bond motifs is 3. The Morgan fingerprint density at radius 1 is 1.03 bits per heavy atom. The van der Waals surface area contributed by atoms with Gasteiger partial charge in [-0.3, -0.25) is 19.9 Å². The number of nitrogens with zero attached hydrogens (tertiary/aromatic N) is 2. The summed E-state index contributed by atoms with van der Waals surface area (Å²) < 4.78 is 0. The Balaban J connectivity index is 1.26. The molecule has 3 heterocycles. The lowest BCUT2D eigenvalue weighted by Gasteiger charge is -2.27. The molecule has 3 aliphatic rings. The number of likely N-dealkylation sites (N-methyl/N-ethyl adjacent to an activating group) is 1. The molecular formula is C25H23N5O3. The molecule has 2 aromatic carbocycles. The van der Waals surface area contributed by atoms with Crippen molar-refractivity contribution in [1.29, 1.82) is 0 Å². The first-order valence-electron chi connectivity index (χ1n) is 11.1. The standard InChI is InChI=1S/C25H23N5O3/c1-30-24(33)29-23(32)25(30)11-15-9-14-5-6-17(27-21(14)10-16(15)12-25)13-26-19-3-2-4-20-18(19)7-8-22(31)28-20/h2-6,9-10,26H,7-8,11-13H2,1H3,(H,28,31)(H,29,32,33). The summed E-state index contributed by atoms with van der Waals surface area (Å²) in [6.45, 7) is 0.557. The Labute approximate surface area is 190 Å². The zero-order chi connectivity index (χ0) is 22.7. The summed E-state index contributed by atoms with van der Waals surface area (Å²) in [5.41, 5.74) is 6.09. The van der Waals surface area contributed by atoms with Gasteiger partial charge in [-0.25, -0.2) is 4.79 Å². The predicted octanol–water partition coefficient (Wildman–Crippen LogP) is 2.75. The van der Waals surface area contributed by atoms with Crippen LogP contribution in [0.25, 0.3) is 10.9 Å². The smallest absolute Gasteiger partial charge is 0.324 e. The zero-order valence-corrected chi connectivity index (χ0v) is 18.2. The lowest BCUT2D eigenvalue weighted by atomic mass is 9.95. The Morgan fingerprint density at radius 3 is 2.64 bits per heavy atom. The van der Waals surface area contributed by atoms with Gasteiger partial charge in [-0.05, 0) is 53.4 Å². The summed E-state index contributed by atoms with van der Waals surface area (Å²) >= 11 is 0. The Bertz CT molecular complexity index is 1370. The maximum atomic E-state index is 12.6. The minimum atomic E-state index is -0.830. The molecule has 4 amide bonds. The molecular weight excluding hydrogens is 418 g/mol. The maximum Gasteiger partial charge on any atom is 0.324 e. The quantitative estimate of drug-likeness (QED) is 0.543. The fraction of sp³-hybridized carbons (Fsp3) is 0.280. The monoisotopic (exact) mass is 441 g/mol. The summed E-state index contributed by atoms with van der Waals surface area (Å²) in [4.78, 5) is 42.6. The third-order valence-electron chi connectivity index (χ3n) is 7.14. The number of carbonyl (C=O) groups excluding carboxylic acids is 3. The van der Waals surface area contributed by atoms with Crippen LogP contribution in [0.5, 0.6) is 0 Å². The van der Waals surface area contributed by atoms with Gasteiger partial charge in [0.15, 0.2) is 0 Å². The average Bonchev–Trinajstić information content (AvgIpc) is 3.28. The van der Waals surface area contributed by atoms with Gasteiger partial charge in [0.05, 0.1) is 17.8 Å². The van der Waals surface area contributed by atoms with Crippen LogP contribution < -0.4 is 16.0 Å². The average molecular weight is 441 g/mol. The highest BCUT2D eigenvalue weighted by molar-refractivity contribution is 6.08. The zero-order valence-electron chi connectivity index (χ0n) is 18.2. The summed E-state index contributed by atoms with van der Waals surface area (Å²) in [6.07, 6.45) is 2.23. The number of pyridine rings is 1. The van der Waals surface area contributed by atoms with Gasteiger partial charge in [0.1, 0.15) is 5.54 Å². The van der Waals surface area contributed by atoms with Crippen molar-refractivity contribution in [2.75, 3.05) is 17.7 Å². The third kappa shape index (κ3) is 3.05. The number of amides is 4. The Kier molecular flexibility index (Phi) is 4.20. The maximum absolute atomic E-state index is 12.6. The Hall–Kier alpha value is -3.94. The molecule has 1 aromatic heterocycles. The van der Waals surface area contributed by atoms with E-state index in [0.717, 1.165) is 44.7 Å². The number of carbonyl (C=O) groups is 3. The molecule has 1 unspecified atom stereocenters. The number of imide groups is 1. The molecule has 0 saturated carbocycles. The summed E-state index contributed by atoms with van der Waals surface area (Å²) in [6, 6.07) is 13.7. The molecule has 8 nitrogen and oxygen atoms in total. The SMILES string of the molecule is CN1C(=O)NC(=O)C12Cc1cc3ccc(CNc4cccc5c4CCC(=O)N5)nc3cc1C2. The van der Waals surface area contributed by atoms with Gasteiger partial charge >= 0.3 is 6.03 Å². The van der Waals surface area contributed by atoms with Crippen molar-refractivity contribution in [1.82, 2.24) is 15.2 Å². The molecule has 1 atom stereocenters. The van der Waals surface area contributed by atoms with Gasteiger partial charge in [-0.15, -0.1) is 0 Å². The van der Waals surface area contributed by atoms with Crippen molar-refractivity contribution in [2.24, 2.45) is 0 Å². The van der Waals surface area contributed by atoms with Crippen LogP contribution in [0.2, 0.25) is 0 Å². The van der Waals surface area contributed by atoms with Gasteiger partial charge in [0.2, 0.25) is 5.91 Å². The van der Waals surface area contributed by atoms with Crippen molar-refractivity contribution in [3.63, 3.8) is 0 Å². The highest BCUT2D eigenvalue weighted by Gasteiger charge is 2.54. The molecule has 3 N–H and O–H groups in total. The largest absolute Gasteiger partial charge is 0.379 e. The van der Waals surface area contributed by atoms with Crippen LogP contribution in [0.4, 0.5) is 16.2 Å². The second-order valence-corrected chi connectivity index (χ2v) is 9.05. The van der Waals surface area contributed by atoms with Crippen LogP contribution in [0.15, 0.2) is 42.5 Å². The highest BCUT2D eigenvalue weighted by atomic mass is 16.2. The fourth-order valence-corrected chi connectivity index (χ4v) is 5.24. The van der Waals surface area contributed by atoms with Gasteiger partial charge < -0.3 is 15.5 Å². The molecule has 8 heteroatoms. The number of rotatable bonds is 3. The van der Waals surface area contributed by atoms with E-state index in [-0.39, 0.29) is 17.8 Å². The Morgan fingerprint density at radius 2 is 1.85 bits per heavy atom. The minimum Gasteiger partial charge on any atom is -0.379 e. The van der Waals surface area contributed by atoms with Crippen LogP contribution in [-0.2, 0) is 35.4 Å². The molecule has 166 valence electrons. The molecule has 1 saturated heterocycles. The van der Waals surface area contributed by atoms with E-state index in [1.807, 2.05) is 30.3 Å². The van der Waals surface area contributed by atoms with Crippen molar-refractivity contribution in [3.05, 3.63) is 64.8 Å². The van der Waals surface area contributed by atoms with Crippen molar-refractivity contribution in [2.45, 2.75) is 37.8 Å². The van der Waals surface area contributed by atoms with Crippen LogP contribution in [0, 0.1) is 0 Å². The molecule has 2 aliphatic heterocycles. The molecule has 1 aliphatic carbocycles. The lowest BCUT2D eigenvalue weighted by molar-refractivity contribution is -0.125. The van der Waals surface area contributed by atoms with E-state index in [2.05, 4.69) is 28.1 Å². The van der Waals surface area contributed by atoms with Crippen molar-refractivity contribution < 1.29 is 14.4 Å². The third-order valence-corrected chi connectivity index (χ3v) is 7.14. The van der Waals surface area contributed by atoms with Crippen LogP contribution >= 0.6 is 0 Å². The van der Waals surface area contributed by atoms with E-state index in [0.29, 0.717) is 32.2 Å². The molecule has 6 rings (SSSR count). The number of aromatic nitrogens is 1. The molecule has 1 spiro atoms. The second kappa shape index (κ2) is 7.03. The van der Waals surface area contributed by atoms with E-state index in [1.54, 1.807) is 7.05 Å². The lowest BCUT2D eigenvalue weighted by Crippen LogP contribution is -2.48. The van der Waals surface area contributed by atoms with E-state index in [9.17, 15) is 14.4 Å². The molecule has 1 fully saturated rings. The molecule has 0 bridgehead atoms. The van der Waals surface area contributed by atoms with E-state index < -0.39 is 5.54 Å². The number of benzene rings is 2. The number of urea groups is 1. The van der Waals surface area contributed by atoms with Gasteiger partial charge in [0.25, 0.3) is 5.91 Å². The van der Waals surface area contributed by atoms with Crippen LogP contribution in [0.3, 0.4) is 0 Å². The number of hydrogen-bond acceptors (Lipinski definition) is 5. The molecule has 33 heavy (non-hydrogen) atoms. The first-order chi connectivity index (χ1) is 15.9. The fourth-order valence-electron chi connectivity index (χ4n) is 5.24. The van der Waals surface area contributed by atoms with Gasteiger partial charge in [-0.2, -0.15) is 0 Å². The summed E-state index contributed by atoms with van der Waals surface area (Å²) in [5.74, 6) is -0.175. The van der Waals surface area contributed by atoms with Gasteiger partial charge in [-0.1, -0.05) is 12.1 Å². The topological polar surface area (TPSA) is 103 Å². The first kappa shape index (κ1) is 19.7. The minimum absolute atomic E-state index is 0.0517. The van der Waals surface area contributed by atoms with Crippen molar-refractivity contribution in [3.8, 4) is 0 Å². The van der Waals surface area contributed by atoms with Crippen molar-refractivity contribution >= 4 is 40.1 Å². The van der Waals surface area contributed by atoms with Crippen LogP contribution in [-0.4, -0.2) is 40.3 Å². The number of hydrogen-bond donors (Lipinski definition) is 3.